The van der Waals surface area contributed by atoms with Gasteiger partial charge >= 0.3 is 0 Å². The molecule has 4 nitrogen and oxygen atoms in total. The second-order valence-electron chi connectivity index (χ2n) is 3.71. The van der Waals surface area contributed by atoms with Crippen molar-refractivity contribution in [3.63, 3.8) is 0 Å². The van der Waals surface area contributed by atoms with Crippen LogP contribution in [0.1, 0.15) is 5.56 Å². The van der Waals surface area contributed by atoms with Crippen molar-refractivity contribution in [1.82, 2.24) is 15.0 Å². The van der Waals surface area contributed by atoms with E-state index in [-0.39, 0.29) is 11.5 Å². The summed E-state index contributed by atoms with van der Waals surface area (Å²) in [4.78, 5) is 12.0. The van der Waals surface area contributed by atoms with Crippen LogP contribution in [0, 0.1) is 12.7 Å². The predicted octanol–water partition coefficient (Wildman–Crippen LogP) is 2.73. The van der Waals surface area contributed by atoms with Crippen molar-refractivity contribution in [1.29, 1.82) is 0 Å². The van der Waals surface area contributed by atoms with Crippen molar-refractivity contribution in [2.24, 2.45) is 0 Å². The van der Waals surface area contributed by atoms with Crippen molar-refractivity contribution in [2.75, 3.05) is 0 Å². The largest absolute Gasteiger partial charge is 0.418 e. The average molecular weight is 229 g/mol. The van der Waals surface area contributed by atoms with Crippen LogP contribution in [0.25, 0.3) is 22.7 Å². The highest BCUT2D eigenvalue weighted by Gasteiger charge is 2.12. The van der Waals surface area contributed by atoms with Crippen molar-refractivity contribution >= 4 is 11.2 Å². The number of nitrogens with zero attached hydrogens (tertiary/aromatic N) is 3. The van der Waals surface area contributed by atoms with Crippen LogP contribution in [0.5, 0.6) is 0 Å². The molecule has 5 heteroatoms. The standard InChI is InChI=1S/C12H8FN3O/c1-7-4-10-12(15-5-7)17-11(16-10)8-2-3-14-6-9(8)13/h2-6H,1H3. The maximum Gasteiger partial charge on any atom is 0.247 e. The molecule has 0 aromatic carbocycles. The highest BCUT2D eigenvalue weighted by molar-refractivity contribution is 5.72. The Morgan fingerprint density at radius 2 is 2.18 bits per heavy atom. The smallest absolute Gasteiger partial charge is 0.247 e. The Hall–Kier alpha value is -2.30. The highest BCUT2D eigenvalue weighted by Crippen LogP contribution is 2.24. The van der Waals surface area contributed by atoms with E-state index in [1.807, 2.05) is 13.0 Å². The summed E-state index contributed by atoms with van der Waals surface area (Å²) in [6.07, 6.45) is 4.30. The van der Waals surface area contributed by atoms with Gasteiger partial charge in [0.15, 0.2) is 5.82 Å². The van der Waals surface area contributed by atoms with Crippen LogP contribution < -0.4 is 0 Å². The fraction of sp³-hybridized carbons (Fsp3) is 0.0833. The van der Waals surface area contributed by atoms with E-state index in [0.717, 1.165) is 11.8 Å². The van der Waals surface area contributed by atoms with Gasteiger partial charge in [-0.15, -0.1) is 0 Å². The Morgan fingerprint density at radius 3 is 3.00 bits per heavy atom. The molecule has 0 spiro atoms. The molecule has 3 aromatic heterocycles. The predicted molar refractivity (Wildman–Crippen MR) is 59.7 cm³/mol. The molecule has 0 amide bonds. The lowest BCUT2D eigenvalue weighted by atomic mass is 10.2. The summed E-state index contributed by atoms with van der Waals surface area (Å²) in [7, 11) is 0. The molecule has 0 aliphatic heterocycles. The summed E-state index contributed by atoms with van der Waals surface area (Å²) >= 11 is 0. The van der Waals surface area contributed by atoms with E-state index in [9.17, 15) is 4.39 Å². The summed E-state index contributed by atoms with van der Waals surface area (Å²) in [6, 6.07) is 3.36. The third kappa shape index (κ3) is 1.65. The summed E-state index contributed by atoms with van der Waals surface area (Å²) in [5.41, 5.74) is 2.29. The van der Waals surface area contributed by atoms with E-state index < -0.39 is 5.82 Å². The van der Waals surface area contributed by atoms with Gasteiger partial charge in [-0.3, -0.25) is 4.98 Å². The fourth-order valence-corrected chi connectivity index (χ4v) is 1.59. The van der Waals surface area contributed by atoms with Gasteiger partial charge in [-0.2, -0.15) is 0 Å². The van der Waals surface area contributed by atoms with Gasteiger partial charge in [0.25, 0.3) is 0 Å². The Kier molecular flexibility index (Phi) is 2.11. The number of fused-ring (bicyclic) bond motifs is 1. The highest BCUT2D eigenvalue weighted by atomic mass is 19.1. The number of hydrogen-bond acceptors (Lipinski definition) is 4. The van der Waals surface area contributed by atoms with Gasteiger partial charge in [0, 0.05) is 12.4 Å². The summed E-state index contributed by atoms with van der Waals surface area (Å²) in [5, 5.41) is 0. The van der Waals surface area contributed by atoms with Crippen molar-refractivity contribution in [3.05, 3.63) is 42.1 Å². The maximum absolute atomic E-state index is 13.5. The number of oxazole rings is 1. The zero-order valence-corrected chi connectivity index (χ0v) is 9.01. The second kappa shape index (κ2) is 3.62. The molecule has 0 aliphatic carbocycles. The van der Waals surface area contributed by atoms with Gasteiger partial charge in [-0.05, 0) is 24.6 Å². The quantitative estimate of drug-likeness (QED) is 0.643. The number of aryl methyl sites for hydroxylation is 1. The van der Waals surface area contributed by atoms with Crippen molar-refractivity contribution in [2.45, 2.75) is 6.92 Å². The van der Waals surface area contributed by atoms with Gasteiger partial charge in [-0.1, -0.05) is 0 Å². The monoisotopic (exact) mass is 229 g/mol. The van der Waals surface area contributed by atoms with E-state index in [1.165, 1.54) is 12.3 Å². The lowest BCUT2D eigenvalue weighted by Crippen LogP contribution is -1.84. The Balaban J connectivity index is 2.22. The summed E-state index contributed by atoms with van der Waals surface area (Å²) < 4.78 is 18.9. The third-order valence-electron chi connectivity index (χ3n) is 2.39. The lowest BCUT2D eigenvalue weighted by Gasteiger charge is -1.94. The topological polar surface area (TPSA) is 51.8 Å². The van der Waals surface area contributed by atoms with Gasteiger partial charge in [0.1, 0.15) is 5.52 Å². The van der Waals surface area contributed by atoms with E-state index in [1.54, 1.807) is 6.20 Å². The molecular weight excluding hydrogens is 221 g/mol. The van der Waals surface area contributed by atoms with Gasteiger partial charge in [0.05, 0.1) is 11.8 Å². The minimum Gasteiger partial charge on any atom is -0.418 e. The van der Waals surface area contributed by atoms with Crippen LogP contribution in [0.4, 0.5) is 4.39 Å². The Labute approximate surface area is 96.2 Å². The number of halogens is 1. The van der Waals surface area contributed by atoms with Crippen LogP contribution in [0.15, 0.2) is 35.1 Å². The number of hydrogen-bond donors (Lipinski definition) is 0. The molecule has 0 unspecified atom stereocenters. The molecule has 84 valence electrons. The van der Waals surface area contributed by atoms with Crippen molar-refractivity contribution in [3.8, 4) is 11.5 Å². The summed E-state index contributed by atoms with van der Waals surface area (Å²) in [6.45, 7) is 1.91. The molecule has 3 rings (SSSR count). The Bertz CT molecular complexity index is 693. The van der Waals surface area contributed by atoms with E-state index in [0.29, 0.717) is 11.2 Å². The third-order valence-corrected chi connectivity index (χ3v) is 2.39. The summed E-state index contributed by atoms with van der Waals surface area (Å²) in [5.74, 6) is -0.242. The van der Waals surface area contributed by atoms with Crippen LogP contribution >= 0.6 is 0 Å². The zero-order chi connectivity index (χ0) is 11.8. The van der Waals surface area contributed by atoms with Gasteiger partial charge < -0.3 is 4.42 Å². The maximum atomic E-state index is 13.5. The van der Waals surface area contributed by atoms with E-state index in [4.69, 9.17) is 4.42 Å². The molecule has 0 saturated heterocycles. The normalized spacial score (nSPS) is 10.9. The minimum atomic E-state index is -0.462. The first kappa shape index (κ1) is 9.89. The molecule has 17 heavy (non-hydrogen) atoms. The molecule has 0 radical (unpaired) electrons. The van der Waals surface area contributed by atoms with Crippen molar-refractivity contribution < 1.29 is 8.81 Å². The second-order valence-corrected chi connectivity index (χ2v) is 3.71. The molecule has 0 atom stereocenters. The fourth-order valence-electron chi connectivity index (χ4n) is 1.59. The number of rotatable bonds is 1. The first-order chi connectivity index (χ1) is 8.24. The van der Waals surface area contributed by atoms with Crippen LogP contribution in [-0.4, -0.2) is 15.0 Å². The Morgan fingerprint density at radius 1 is 1.29 bits per heavy atom. The molecule has 0 N–H and O–H groups in total. The van der Waals surface area contributed by atoms with Crippen LogP contribution in [0.3, 0.4) is 0 Å². The average Bonchev–Trinajstić information content (AvgIpc) is 2.72. The lowest BCUT2D eigenvalue weighted by molar-refractivity contribution is 0.584. The van der Waals surface area contributed by atoms with Gasteiger partial charge in [0.2, 0.25) is 11.6 Å². The number of aromatic nitrogens is 3. The molecule has 0 bridgehead atoms. The molecular formula is C12H8FN3O. The van der Waals surface area contributed by atoms with E-state index in [2.05, 4.69) is 15.0 Å². The zero-order valence-electron chi connectivity index (χ0n) is 9.01. The van der Waals surface area contributed by atoms with E-state index >= 15 is 0 Å². The van der Waals surface area contributed by atoms with Crippen LogP contribution in [0.2, 0.25) is 0 Å². The number of pyridine rings is 2. The van der Waals surface area contributed by atoms with Crippen LogP contribution in [-0.2, 0) is 0 Å². The molecule has 3 aromatic rings. The minimum absolute atomic E-state index is 0.220. The molecule has 3 heterocycles. The first-order valence-electron chi connectivity index (χ1n) is 5.07. The molecule has 0 fully saturated rings. The SMILES string of the molecule is Cc1cnc2oc(-c3ccncc3F)nc2c1. The molecule has 0 saturated carbocycles. The first-order valence-corrected chi connectivity index (χ1v) is 5.07. The van der Waals surface area contributed by atoms with Gasteiger partial charge in [-0.25, -0.2) is 14.4 Å². The molecule has 0 aliphatic rings.